The van der Waals surface area contributed by atoms with Crippen molar-refractivity contribution < 1.29 is 53.1 Å². The SMILES string of the molecule is CCCCCCC(C)OC(=O)C(CC(C)(C)C(C)(CC(C)(C)C(C)(CC)C(=O)O)C(=O)O[C@@H]1CO[C@H]2[C@@H]1OC[C@@H]2O)C(C)(C)CC(C)(C)C(=O)OC1CC2CCC1(C)C2(C)C. The zero-order valence-electron chi connectivity index (χ0n) is 41.1. The third kappa shape index (κ3) is 9.89. The summed E-state index contributed by atoms with van der Waals surface area (Å²) >= 11 is 0. The number of aliphatic hydroxyl groups is 1. The Kier molecular flexibility index (Phi) is 15.4. The lowest BCUT2D eigenvalue weighted by Gasteiger charge is -2.52. The van der Waals surface area contributed by atoms with Crippen LogP contribution < -0.4 is 0 Å². The Morgan fingerprint density at radius 2 is 1.41 bits per heavy atom. The van der Waals surface area contributed by atoms with E-state index in [1.54, 1.807) is 6.92 Å². The number of ether oxygens (including phenoxy) is 5. The van der Waals surface area contributed by atoms with E-state index < -0.39 is 74.8 Å². The number of rotatable bonds is 22. The highest BCUT2D eigenvalue weighted by atomic mass is 16.6. The number of hydrogen-bond acceptors (Lipinski definition) is 10. The van der Waals surface area contributed by atoms with E-state index in [1.165, 1.54) is 0 Å². The molecule has 4 aliphatic rings. The number of esters is 3. The van der Waals surface area contributed by atoms with Crippen LogP contribution in [0.4, 0.5) is 0 Å². The second-order valence-electron chi connectivity index (χ2n) is 23.8. The largest absolute Gasteiger partial charge is 0.481 e. The van der Waals surface area contributed by atoms with Crippen LogP contribution in [0.5, 0.6) is 0 Å². The molecular weight excluding hydrogens is 777 g/mol. The number of unbranched alkanes of at least 4 members (excludes halogenated alkanes) is 3. The molecule has 2 saturated carbocycles. The molecule has 61 heavy (non-hydrogen) atoms. The zero-order chi connectivity index (χ0) is 46.4. The van der Waals surface area contributed by atoms with Gasteiger partial charge in [0.1, 0.15) is 24.4 Å². The summed E-state index contributed by atoms with van der Waals surface area (Å²) in [5.74, 6) is -2.42. The number of carboxylic acids is 1. The summed E-state index contributed by atoms with van der Waals surface area (Å²) in [4.78, 5) is 57.1. The fourth-order valence-electron chi connectivity index (χ4n) is 11.9. The van der Waals surface area contributed by atoms with E-state index in [-0.39, 0.29) is 61.0 Å². The number of carboxylic acid groups (broad SMARTS) is 1. The molecule has 7 unspecified atom stereocenters. The van der Waals surface area contributed by atoms with Crippen LogP contribution in [0.15, 0.2) is 0 Å². The van der Waals surface area contributed by atoms with Crippen LogP contribution in [0.2, 0.25) is 0 Å². The van der Waals surface area contributed by atoms with Crippen LogP contribution in [0.25, 0.3) is 0 Å². The summed E-state index contributed by atoms with van der Waals surface area (Å²) in [6.07, 6.45) is 5.56. The van der Waals surface area contributed by atoms with Gasteiger partial charge in [0.25, 0.3) is 0 Å². The van der Waals surface area contributed by atoms with Gasteiger partial charge in [0.15, 0.2) is 6.10 Å². The van der Waals surface area contributed by atoms with Crippen molar-refractivity contribution in [3.8, 4) is 0 Å². The van der Waals surface area contributed by atoms with Gasteiger partial charge >= 0.3 is 23.9 Å². The summed E-state index contributed by atoms with van der Waals surface area (Å²) < 4.78 is 30.8. The molecule has 0 aromatic rings. The molecule has 11 nitrogen and oxygen atoms in total. The summed E-state index contributed by atoms with van der Waals surface area (Å²) in [6, 6.07) is 0. The second kappa shape index (κ2) is 18.3. The highest BCUT2D eigenvalue weighted by Gasteiger charge is 2.64. The minimum absolute atomic E-state index is 0.0569. The van der Waals surface area contributed by atoms with E-state index in [4.69, 9.17) is 23.7 Å². The van der Waals surface area contributed by atoms with Gasteiger partial charge in [-0.05, 0) is 120 Å². The first kappa shape index (κ1) is 51.4. The Balaban J connectivity index is 1.72. The number of aliphatic carboxylic acids is 1. The average molecular weight is 863 g/mol. The maximum absolute atomic E-state index is 15.0. The maximum atomic E-state index is 15.0. The van der Waals surface area contributed by atoms with Crippen molar-refractivity contribution in [2.45, 2.75) is 224 Å². The molecule has 4 fully saturated rings. The molecule has 0 radical (unpaired) electrons. The molecule has 0 spiro atoms. The fraction of sp³-hybridized carbons (Fsp3) is 0.920. The number of carbonyl (C=O) groups excluding carboxylic acids is 3. The van der Waals surface area contributed by atoms with Gasteiger partial charge in [-0.1, -0.05) is 95.4 Å². The van der Waals surface area contributed by atoms with Crippen LogP contribution >= 0.6 is 0 Å². The first-order chi connectivity index (χ1) is 27.9. The van der Waals surface area contributed by atoms with Gasteiger partial charge in [-0.2, -0.15) is 0 Å². The quantitative estimate of drug-likeness (QED) is 0.0607. The summed E-state index contributed by atoms with van der Waals surface area (Å²) in [5.41, 5.74) is -6.28. The maximum Gasteiger partial charge on any atom is 0.312 e. The lowest BCUT2D eigenvalue weighted by Crippen LogP contribution is -2.54. The molecule has 352 valence electrons. The zero-order valence-corrected chi connectivity index (χ0v) is 41.1. The van der Waals surface area contributed by atoms with Gasteiger partial charge < -0.3 is 33.9 Å². The summed E-state index contributed by atoms with van der Waals surface area (Å²) in [6.45, 7) is 32.0. The molecule has 2 heterocycles. The Labute approximate surface area is 368 Å². The van der Waals surface area contributed by atoms with Crippen molar-refractivity contribution in [2.75, 3.05) is 13.2 Å². The number of fused-ring (bicyclic) bond motifs is 3. The molecule has 11 atom stereocenters. The van der Waals surface area contributed by atoms with Gasteiger partial charge in [-0.25, -0.2) is 0 Å². The third-order valence-electron chi connectivity index (χ3n) is 17.8. The van der Waals surface area contributed by atoms with Crippen molar-refractivity contribution >= 4 is 23.9 Å². The highest BCUT2D eigenvalue weighted by molar-refractivity contribution is 5.80. The third-order valence-corrected chi connectivity index (χ3v) is 17.8. The lowest BCUT2D eigenvalue weighted by atomic mass is 9.51. The van der Waals surface area contributed by atoms with Crippen LogP contribution in [-0.2, 0) is 42.9 Å². The van der Waals surface area contributed by atoms with Gasteiger partial charge in [0.05, 0.1) is 41.5 Å². The predicted octanol–water partition coefficient (Wildman–Crippen LogP) is 10.1. The normalized spacial score (nSPS) is 30.5. The van der Waals surface area contributed by atoms with Crippen molar-refractivity contribution in [3.05, 3.63) is 0 Å². The topological polar surface area (TPSA) is 155 Å². The molecular formula is C50H86O11. The molecule has 0 amide bonds. The molecule has 4 rings (SSSR count). The first-order valence-corrected chi connectivity index (χ1v) is 23.6. The molecule has 2 aliphatic carbocycles. The van der Waals surface area contributed by atoms with Crippen molar-refractivity contribution in [1.29, 1.82) is 0 Å². The molecule has 2 saturated heterocycles. The Bertz CT molecular complexity index is 1580. The van der Waals surface area contributed by atoms with Gasteiger partial charge in [-0.3, -0.25) is 19.2 Å². The van der Waals surface area contributed by atoms with Gasteiger partial charge in [-0.15, -0.1) is 0 Å². The second-order valence-corrected chi connectivity index (χ2v) is 23.8. The number of carbonyl (C=O) groups is 4. The molecule has 2 N–H and O–H groups in total. The van der Waals surface area contributed by atoms with Crippen LogP contribution in [0.1, 0.15) is 188 Å². The summed E-state index contributed by atoms with van der Waals surface area (Å²) in [5, 5.41) is 21.1. The van der Waals surface area contributed by atoms with Crippen LogP contribution in [0.3, 0.4) is 0 Å². The molecule has 2 bridgehead atoms. The van der Waals surface area contributed by atoms with Crippen molar-refractivity contribution in [2.24, 2.45) is 55.2 Å². The first-order valence-electron chi connectivity index (χ1n) is 23.6. The van der Waals surface area contributed by atoms with E-state index in [9.17, 15) is 24.6 Å². The Morgan fingerprint density at radius 3 is 1.95 bits per heavy atom. The lowest BCUT2D eigenvalue weighted by molar-refractivity contribution is -0.185. The monoisotopic (exact) mass is 863 g/mol. The summed E-state index contributed by atoms with van der Waals surface area (Å²) in [7, 11) is 0. The van der Waals surface area contributed by atoms with Crippen molar-refractivity contribution in [3.63, 3.8) is 0 Å². The highest BCUT2D eigenvalue weighted by Crippen LogP contribution is 2.66. The molecule has 11 heteroatoms. The van der Waals surface area contributed by atoms with E-state index >= 15 is 4.79 Å². The van der Waals surface area contributed by atoms with E-state index in [2.05, 4.69) is 27.7 Å². The Hall–Kier alpha value is -2.24. The number of hydrogen-bond donors (Lipinski definition) is 2. The van der Waals surface area contributed by atoms with Crippen molar-refractivity contribution in [1.82, 2.24) is 0 Å². The standard InChI is InChI=1S/C50H86O11/c1-17-19-20-21-22-31(3)59-39(52)33(43(4,5)29-44(6,7)41(55)61-36-25-32-23-24-49(36,15)47(32,12)13)26-45(8,9)50(16,30-46(10,11)48(14,18-2)40(53)54)42(56)60-35-28-58-37-34(51)27-57-38(35)37/h31-38,51H,17-30H2,1-16H3,(H,53,54)/t31?,32?,33?,34-,35+,36?,37+,38+,48?,49?,50?/m0/s1. The predicted molar refractivity (Wildman–Crippen MR) is 235 cm³/mol. The minimum Gasteiger partial charge on any atom is -0.481 e. The molecule has 0 aromatic carbocycles. The van der Waals surface area contributed by atoms with E-state index in [1.807, 2.05) is 76.2 Å². The van der Waals surface area contributed by atoms with E-state index in [0.717, 1.165) is 51.4 Å². The van der Waals surface area contributed by atoms with Gasteiger partial charge in [0.2, 0.25) is 0 Å². The smallest absolute Gasteiger partial charge is 0.312 e. The number of aliphatic hydroxyl groups excluding tert-OH is 1. The molecule has 2 aliphatic heterocycles. The van der Waals surface area contributed by atoms with Crippen LogP contribution in [-0.4, -0.2) is 83.9 Å². The Morgan fingerprint density at radius 1 is 0.787 bits per heavy atom. The van der Waals surface area contributed by atoms with Crippen LogP contribution in [0, 0.1) is 55.2 Å². The van der Waals surface area contributed by atoms with E-state index in [0.29, 0.717) is 18.8 Å². The average Bonchev–Trinajstić information content (AvgIpc) is 3.83. The van der Waals surface area contributed by atoms with Gasteiger partial charge in [0, 0.05) is 5.41 Å². The minimum atomic E-state index is -1.35. The molecule has 0 aromatic heterocycles. The fourth-order valence-corrected chi connectivity index (χ4v) is 11.9.